The van der Waals surface area contributed by atoms with Crippen molar-refractivity contribution in [2.24, 2.45) is 0 Å². The van der Waals surface area contributed by atoms with E-state index in [1.165, 1.54) is 6.42 Å². The fraction of sp³-hybridized carbons (Fsp3) is 0.588. The number of benzene rings is 1. The molecule has 4 heteroatoms. The average Bonchev–Trinajstić information content (AvgIpc) is 2.74. The Morgan fingerprint density at radius 1 is 1.29 bits per heavy atom. The van der Waals surface area contributed by atoms with E-state index in [0.29, 0.717) is 13.1 Å². The Labute approximate surface area is 127 Å². The molecule has 1 heterocycles. The van der Waals surface area contributed by atoms with Crippen LogP contribution < -0.4 is 4.90 Å². The standard InChI is InChI=1S/C17H26N2O2/c1-2-19(15-9-5-3-6-10-15)17(21)13-18-12-8-4-7-11-16(18)14-20/h3,5-6,9-10,16,20H,2,4,7-8,11-14H2,1H3. The molecular formula is C17H26N2O2. The summed E-state index contributed by atoms with van der Waals surface area (Å²) in [7, 11) is 0. The Balaban J connectivity index is 2.04. The summed E-state index contributed by atoms with van der Waals surface area (Å²) in [6.07, 6.45) is 4.44. The van der Waals surface area contributed by atoms with Gasteiger partial charge >= 0.3 is 0 Å². The molecule has 0 aliphatic carbocycles. The van der Waals surface area contributed by atoms with Crippen molar-refractivity contribution in [3.8, 4) is 0 Å². The summed E-state index contributed by atoms with van der Waals surface area (Å²) in [5.74, 6) is 0.115. The van der Waals surface area contributed by atoms with E-state index < -0.39 is 0 Å². The Bertz CT molecular complexity index is 436. The van der Waals surface area contributed by atoms with Crippen LogP contribution in [-0.2, 0) is 4.79 Å². The molecule has 1 saturated heterocycles. The first-order valence-electron chi connectivity index (χ1n) is 7.96. The maximum Gasteiger partial charge on any atom is 0.241 e. The quantitative estimate of drug-likeness (QED) is 0.905. The largest absolute Gasteiger partial charge is 0.395 e. The number of hydrogen-bond acceptors (Lipinski definition) is 3. The maximum absolute atomic E-state index is 12.6. The highest BCUT2D eigenvalue weighted by Gasteiger charge is 2.24. The molecule has 0 saturated carbocycles. The highest BCUT2D eigenvalue weighted by atomic mass is 16.3. The van der Waals surface area contributed by atoms with Crippen molar-refractivity contribution < 1.29 is 9.90 Å². The summed E-state index contributed by atoms with van der Waals surface area (Å²) >= 11 is 0. The predicted octanol–water partition coefficient (Wildman–Crippen LogP) is 2.28. The second-order valence-electron chi connectivity index (χ2n) is 5.63. The number of nitrogens with zero attached hydrogens (tertiary/aromatic N) is 2. The number of amides is 1. The summed E-state index contributed by atoms with van der Waals surface area (Å²) in [5.41, 5.74) is 0.945. The molecule has 1 unspecified atom stereocenters. The summed E-state index contributed by atoms with van der Waals surface area (Å²) < 4.78 is 0. The monoisotopic (exact) mass is 290 g/mol. The van der Waals surface area contributed by atoms with Crippen LogP contribution in [0.2, 0.25) is 0 Å². The molecule has 0 spiro atoms. The smallest absolute Gasteiger partial charge is 0.241 e. The van der Waals surface area contributed by atoms with Gasteiger partial charge < -0.3 is 10.0 Å². The van der Waals surface area contributed by atoms with Crippen LogP contribution in [0.4, 0.5) is 5.69 Å². The van der Waals surface area contributed by atoms with Crippen molar-refractivity contribution in [2.45, 2.75) is 38.6 Å². The van der Waals surface area contributed by atoms with Gasteiger partial charge in [-0.3, -0.25) is 9.69 Å². The molecule has 1 N–H and O–H groups in total. The first-order valence-corrected chi connectivity index (χ1v) is 7.96. The van der Waals surface area contributed by atoms with E-state index in [-0.39, 0.29) is 18.6 Å². The lowest BCUT2D eigenvalue weighted by atomic mass is 10.1. The molecule has 4 nitrogen and oxygen atoms in total. The van der Waals surface area contributed by atoms with Crippen LogP contribution in [0.15, 0.2) is 30.3 Å². The number of carbonyl (C=O) groups excluding carboxylic acids is 1. The SMILES string of the molecule is CCN(C(=O)CN1CCCCCC1CO)c1ccccc1. The van der Waals surface area contributed by atoms with Gasteiger partial charge in [0, 0.05) is 18.3 Å². The number of likely N-dealkylation sites (tertiary alicyclic amines) is 1. The molecule has 116 valence electrons. The van der Waals surface area contributed by atoms with E-state index in [9.17, 15) is 9.90 Å². The van der Waals surface area contributed by atoms with E-state index >= 15 is 0 Å². The first-order chi connectivity index (χ1) is 10.3. The molecule has 0 radical (unpaired) electrons. The average molecular weight is 290 g/mol. The molecule has 1 amide bonds. The highest BCUT2D eigenvalue weighted by molar-refractivity contribution is 5.94. The molecule has 1 aromatic carbocycles. The zero-order chi connectivity index (χ0) is 15.1. The zero-order valence-electron chi connectivity index (χ0n) is 12.9. The third-order valence-corrected chi connectivity index (χ3v) is 4.23. The number of aliphatic hydroxyl groups is 1. The zero-order valence-corrected chi connectivity index (χ0v) is 12.9. The van der Waals surface area contributed by atoms with Crippen LogP contribution in [0.1, 0.15) is 32.6 Å². The van der Waals surface area contributed by atoms with Gasteiger partial charge in [0.25, 0.3) is 0 Å². The van der Waals surface area contributed by atoms with Gasteiger partial charge in [0.15, 0.2) is 0 Å². The number of carbonyl (C=O) groups is 1. The van der Waals surface area contributed by atoms with Crippen molar-refractivity contribution in [1.29, 1.82) is 0 Å². The number of rotatable bonds is 5. The van der Waals surface area contributed by atoms with E-state index in [1.54, 1.807) is 0 Å². The molecule has 0 bridgehead atoms. The van der Waals surface area contributed by atoms with E-state index in [1.807, 2.05) is 42.2 Å². The third-order valence-electron chi connectivity index (χ3n) is 4.23. The van der Waals surface area contributed by atoms with Crippen LogP contribution in [-0.4, -0.2) is 48.2 Å². The van der Waals surface area contributed by atoms with Crippen molar-refractivity contribution in [3.05, 3.63) is 30.3 Å². The van der Waals surface area contributed by atoms with Crippen LogP contribution in [0.25, 0.3) is 0 Å². The van der Waals surface area contributed by atoms with Gasteiger partial charge in [0.05, 0.1) is 13.2 Å². The van der Waals surface area contributed by atoms with Crippen molar-refractivity contribution in [3.63, 3.8) is 0 Å². The predicted molar refractivity (Wildman–Crippen MR) is 85.4 cm³/mol. The van der Waals surface area contributed by atoms with Crippen LogP contribution in [0.5, 0.6) is 0 Å². The van der Waals surface area contributed by atoms with Gasteiger partial charge in [-0.15, -0.1) is 0 Å². The fourth-order valence-electron chi connectivity index (χ4n) is 3.02. The number of likely N-dealkylation sites (N-methyl/N-ethyl adjacent to an activating group) is 1. The van der Waals surface area contributed by atoms with Crippen molar-refractivity contribution >= 4 is 11.6 Å². The third kappa shape index (κ3) is 4.29. The normalized spacial score (nSPS) is 20.0. The minimum atomic E-state index is 0.115. The minimum Gasteiger partial charge on any atom is -0.395 e. The molecule has 1 aliphatic heterocycles. The van der Waals surface area contributed by atoms with Crippen LogP contribution in [0.3, 0.4) is 0 Å². The first kappa shape index (κ1) is 16.0. The summed E-state index contributed by atoms with van der Waals surface area (Å²) in [6, 6.07) is 9.92. The van der Waals surface area contributed by atoms with Crippen molar-refractivity contribution in [1.82, 2.24) is 4.90 Å². The Hall–Kier alpha value is -1.39. The van der Waals surface area contributed by atoms with Gasteiger partial charge in [-0.2, -0.15) is 0 Å². The Kier molecular flexibility index (Phi) is 6.21. The van der Waals surface area contributed by atoms with Crippen LogP contribution in [0, 0.1) is 0 Å². The van der Waals surface area contributed by atoms with E-state index in [4.69, 9.17) is 0 Å². The second-order valence-corrected chi connectivity index (χ2v) is 5.63. The molecule has 1 aromatic rings. The lowest BCUT2D eigenvalue weighted by Gasteiger charge is -2.30. The minimum absolute atomic E-state index is 0.115. The Morgan fingerprint density at radius 3 is 2.71 bits per heavy atom. The molecule has 2 rings (SSSR count). The molecule has 1 aliphatic rings. The summed E-state index contributed by atoms with van der Waals surface area (Å²) in [5, 5.41) is 9.55. The maximum atomic E-state index is 12.6. The van der Waals surface area contributed by atoms with Gasteiger partial charge in [0.1, 0.15) is 0 Å². The lowest BCUT2D eigenvalue weighted by Crippen LogP contribution is -2.46. The second kappa shape index (κ2) is 8.15. The van der Waals surface area contributed by atoms with Crippen LogP contribution >= 0.6 is 0 Å². The highest BCUT2D eigenvalue weighted by Crippen LogP contribution is 2.18. The molecule has 21 heavy (non-hydrogen) atoms. The molecular weight excluding hydrogens is 264 g/mol. The number of para-hydroxylation sites is 1. The number of hydrogen-bond donors (Lipinski definition) is 1. The molecule has 0 aromatic heterocycles. The van der Waals surface area contributed by atoms with Gasteiger partial charge in [-0.1, -0.05) is 31.0 Å². The van der Waals surface area contributed by atoms with E-state index in [0.717, 1.165) is 31.5 Å². The Morgan fingerprint density at radius 2 is 2.05 bits per heavy atom. The summed E-state index contributed by atoms with van der Waals surface area (Å²) in [4.78, 5) is 16.6. The summed E-state index contributed by atoms with van der Waals surface area (Å²) in [6.45, 7) is 4.11. The molecule has 1 fully saturated rings. The van der Waals surface area contributed by atoms with E-state index in [2.05, 4.69) is 4.90 Å². The molecule has 1 atom stereocenters. The van der Waals surface area contributed by atoms with Gasteiger partial charge in [0.2, 0.25) is 5.91 Å². The van der Waals surface area contributed by atoms with Gasteiger partial charge in [-0.05, 0) is 38.4 Å². The fourth-order valence-corrected chi connectivity index (χ4v) is 3.02. The number of aliphatic hydroxyl groups excluding tert-OH is 1. The number of anilines is 1. The lowest BCUT2D eigenvalue weighted by molar-refractivity contribution is -0.120. The topological polar surface area (TPSA) is 43.8 Å². The van der Waals surface area contributed by atoms with Gasteiger partial charge in [-0.25, -0.2) is 0 Å². The van der Waals surface area contributed by atoms with Crippen molar-refractivity contribution in [2.75, 3.05) is 31.1 Å².